The standard InChI is InChI=1S/C22H21N3O4S/c1-13-12-30-21-17(20(27)25(21)18(13)22(28)29)24-19(26)16(14-8-4-2-5-9-14)23-15-10-6-3-7-11-15/h2-11,16-17,21,23H,12H2,1H3,(H,24,26)(H,28,29)/t16-,17-,21-/m1/s1. The molecule has 1 fully saturated rings. The Kier molecular flexibility index (Phi) is 5.50. The van der Waals surface area contributed by atoms with E-state index >= 15 is 0 Å². The molecule has 30 heavy (non-hydrogen) atoms. The number of hydrogen-bond acceptors (Lipinski definition) is 5. The van der Waals surface area contributed by atoms with Crippen LogP contribution >= 0.6 is 11.8 Å². The molecule has 0 aliphatic carbocycles. The van der Waals surface area contributed by atoms with Gasteiger partial charge in [0.1, 0.15) is 23.2 Å². The molecular formula is C22H21N3O4S. The molecule has 1 saturated heterocycles. The van der Waals surface area contributed by atoms with E-state index in [1.807, 2.05) is 60.7 Å². The Morgan fingerprint density at radius 3 is 2.37 bits per heavy atom. The van der Waals surface area contributed by atoms with E-state index in [2.05, 4.69) is 10.6 Å². The van der Waals surface area contributed by atoms with Crippen molar-refractivity contribution >= 4 is 35.2 Å². The molecule has 154 valence electrons. The zero-order valence-electron chi connectivity index (χ0n) is 16.2. The van der Waals surface area contributed by atoms with Gasteiger partial charge in [0, 0.05) is 11.4 Å². The molecule has 2 amide bonds. The van der Waals surface area contributed by atoms with Crippen molar-refractivity contribution in [3.63, 3.8) is 0 Å². The average Bonchev–Trinajstić information content (AvgIpc) is 2.76. The van der Waals surface area contributed by atoms with Gasteiger partial charge in [0.25, 0.3) is 5.91 Å². The zero-order chi connectivity index (χ0) is 21.3. The van der Waals surface area contributed by atoms with E-state index in [1.165, 1.54) is 16.7 Å². The van der Waals surface area contributed by atoms with Crippen molar-refractivity contribution in [3.05, 3.63) is 77.5 Å². The summed E-state index contributed by atoms with van der Waals surface area (Å²) in [5, 5.41) is 15.1. The molecule has 8 heteroatoms. The first-order valence-electron chi connectivity index (χ1n) is 9.52. The quantitative estimate of drug-likeness (QED) is 0.618. The van der Waals surface area contributed by atoms with Crippen LogP contribution in [0.2, 0.25) is 0 Å². The maximum Gasteiger partial charge on any atom is 0.352 e. The van der Waals surface area contributed by atoms with Crippen molar-refractivity contribution < 1.29 is 19.5 Å². The van der Waals surface area contributed by atoms with Gasteiger partial charge in [-0.1, -0.05) is 48.5 Å². The smallest absolute Gasteiger partial charge is 0.352 e. The van der Waals surface area contributed by atoms with Crippen LogP contribution in [0.25, 0.3) is 0 Å². The summed E-state index contributed by atoms with van der Waals surface area (Å²) in [7, 11) is 0. The average molecular weight is 423 g/mol. The molecular weight excluding hydrogens is 402 g/mol. The molecule has 2 aliphatic rings. The fourth-order valence-corrected chi connectivity index (χ4v) is 4.95. The molecule has 3 N–H and O–H groups in total. The van der Waals surface area contributed by atoms with Crippen LogP contribution in [0.4, 0.5) is 5.69 Å². The Balaban J connectivity index is 1.54. The van der Waals surface area contributed by atoms with Crippen molar-refractivity contribution in [1.29, 1.82) is 0 Å². The summed E-state index contributed by atoms with van der Waals surface area (Å²) >= 11 is 1.46. The van der Waals surface area contributed by atoms with Crippen LogP contribution in [0, 0.1) is 0 Å². The third-order valence-electron chi connectivity index (χ3n) is 5.14. The molecule has 0 unspecified atom stereocenters. The molecule has 7 nitrogen and oxygen atoms in total. The molecule has 0 spiro atoms. The number of para-hydroxylation sites is 1. The first kappa shape index (κ1) is 20.0. The highest BCUT2D eigenvalue weighted by Crippen LogP contribution is 2.40. The molecule has 0 saturated carbocycles. The van der Waals surface area contributed by atoms with Gasteiger partial charge in [0.2, 0.25) is 5.91 Å². The highest BCUT2D eigenvalue weighted by molar-refractivity contribution is 8.00. The summed E-state index contributed by atoms with van der Waals surface area (Å²) in [5.41, 5.74) is 2.22. The highest BCUT2D eigenvalue weighted by atomic mass is 32.2. The first-order chi connectivity index (χ1) is 14.5. The number of carbonyl (C=O) groups is 3. The Hall–Kier alpha value is -3.26. The molecule has 4 rings (SSSR count). The molecule has 2 aliphatic heterocycles. The summed E-state index contributed by atoms with van der Waals surface area (Å²) in [4.78, 5) is 38.7. The summed E-state index contributed by atoms with van der Waals surface area (Å²) in [6.07, 6.45) is 0. The maximum absolute atomic E-state index is 13.2. The predicted molar refractivity (Wildman–Crippen MR) is 115 cm³/mol. The van der Waals surface area contributed by atoms with Crippen LogP contribution in [0.15, 0.2) is 71.9 Å². The number of thioether (sulfide) groups is 1. The number of benzene rings is 2. The Bertz CT molecular complexity index is 1010. The number of anilines is 1. The number of β-lactam (4-membered cyclic amide) rings is 1. The van der Waals surface area contributed by atoms with Gasteiger partial charge in [-0.3, -0.25) is 14.5 Å². The van der Waals surface area contributed by atoms with Crippen LogP contribution in [-0.2, 0) is 14.4 Å². The molecule has 0 bridgehead atoms. The van der Waals surface area contributed by atoms with Crippen molar-refractivity contribution in [2.24, 2.45) is 0 Å². The minimum atomic E-state index is -1.12. The predicted octanol–water partition coefficient (Wildman–Crippen LogP) is 2.60. The summed E-state index contributed by atoms with van der Waals surface area (Å²) in [5.74, 6) is -1.35. The molecule has 2 heterocycles. The lowest BCUT2D eigenvalue weighted by Crippen LogP contribution is -2.70. The topological polar surface area (TPSA) is 98.7 Å². The Morgan fingerprint density at radius 1 is 1.10 bits per heavy atom. The number of rotatable bonds is 6. The number of carboxylic acid groups (broad SMARTS) is 1. The van der Waals surface area contributed by atoms with E-state index in [0.717, 1.165) is 11.3 Å². The third kappa shape index (κ3) is 3.66. The lowest BCUT2D eigenvalue weighted by atomic mass is 10.0. The van der Waals surface area contributed by atoms with Gasteiger partial charge in [-0.05, 0) is 30.2 Å². The third-order valence-corrected chi connectivity index (χ3v) is 6.56. The minimum Gasteiger partial charge on any atom is -0.477 e. The SMILES string of the molecule is CC1=C(C(=O)O)N2C(=O)[C@@H](NC(=O)[C@H](Nc3ccccc3)c3ccccc3)[C@H]2SC1. The second-order valence-corrected chi connectivity index (χ2v) is 8.29. The highest BCUT2D eigenvalue weighted by Gasteiger charge is 2.54. The number of hydrogen-bond donors (Lipinski definition) is 3. The lowest BCUT2D eigenvalue weighted by molar-refractivity contribution is -0.150. The number of nitrogens with one attached hydrogen (secondary N) is 2. The molecule has 2 aromatic rings. The number of amides is 2. The monoisotopic (exact) mass is 423 g/mol. The first-order valence-corrected chi connectivity index (χ1v) is 10.6. The van der Waals surface area contributed by atoms with Gasteiger partial charge in [-0.25, -0.2) is 4.79 Å². The van der Waals surface area contributed by atoms with Gasteiger partial charge in [0.15, 0.2) is 0 Å². The summed E-state index contributed by atoms with van der Waals surface area (Å²) in [6.45, 7) is 1.71. The van der Waals surface area contributed by atoms with Crippen LogP contribution in [0.5, 0.6) is 0 Å². The minimum absolute atomic E-state index is 0.0243. The molecule has 0 radical (unpaired) electrons. The Morgan fingerprint density at radius 2 is 1.73 bits per heavy atom. The summed E-state index contributed by atoms with van der Waals surface area (Å²) in [6, 6.07) is 17.2. The van der Waals surface area contributed by atoms with Crippen molar-refractivity contribution in [1.82, 2.24) is 10.2 Å². The van der Waals surface area contributed by atoms with E-state index in [9.17, 15) is 19.5 Å². The van der Waals surface area contributed by atoms with Gasteiger partial charge < -0.3 is 15.7 Å². The largest absolute Gasteiger partial charge is 0.477 e. The number of carbonyl (C=O) groups excluding carboxylic acids is 2. The van der Waals surface area contributed by atoms with Gasteiger partial charge in [-0.15, -0.1) is 11.8 Å². The fourth-order valence-electron chi connectivity index (χ4n) is 3.66. The van der Waals surface area contributed by atoms with Crippen LogP contribution < -0.4 is 10.6 Å². The van der Waals surface area contributed by atoms with Crippen LogP contribution in [0.3, 0.4) is 0 Å². The molecule has 3 atom stereocenters. The fraction of sp³-hybridized carbons (Fsp3) is 0.227. The van der Waals surface area contributed by atoms with E-state index in [0.29, 0.717) is 11.3 Å². The molecule has 2 aromatic carbocycles. The second kappa shape index (κ2) is 8.23. The van der Waals surface area contributed by atoms with Crippen molar-refractivity contribution in [3.8, 4) is 0 Å². The second-order valence-electron chi connectivity index (χ2n) is 7.18. The van der Waals surface area contributed by atoms with Gasteiger partial charge >= 0.3 is 5.97 Å². The van der Waals surface area contributed by atoms with Gasteiger partial charge in [-0.2, -0.15) is 0 Å². The van der Waals surface area contributed by atoms with Crippen LogP contribution in [0.1, 0.15) is 18.5 Å². The van der Waals surface area contributed by atoms with Gasteiger partial charge in [0.05, 0.1) is 0 Å². The molecule has 0 aromatic heterocycles. The van der Waals surface area contributed by atoms with Crippen molar-refractivity contribution in [2.75, 3.05) is 11.1 Å². The number of carboxylic acids is 1. The number of nitrogens with zero attached hydrogens (tertiary/aromatic N) is 1. The number of fused-ring (bicyclic) bond motifs is 1. The van der Waals surface area contributed by atoms with E-state index in [-0.39, 0.29) is 11.6 Å². The summed E-state index contributed by atoms with van der Waals surface area (Å²) < 4.78 is 0. The normalized spacial score (nSPS) is 21.4. The Labute approximate surface area is 178 Å². The zero-order valence-corrected chi connectivity index (χ0v) is 17.1. The van der Waals surface area contributed by atoms with E-state index in [4.69, 9.17) is 0 Å². The van der Waals surface area contributed by atoms with Crippen molar-refractivity contribution in [2.45, 2.75) is 24.4 Å². The van der Waals surface area contributed by atoms with Crippen LogP contribution in [-0.4, -0.2) is 45.0 Å². The lowest BCUT2D eigenvalue weighted by Gasteiger charge is -2.49. The number of aliphatic carboxylic acids is 1. The maximum atomic E-state index is 13.2. The van der Waals surface area contributed by atoms with E-state index < -0.39 is 29.3 Å². The van der Waals surface area contributed by atoms with E-state index in [1.54, 1.807) is 6.92 Å².